The molecule has 0 amide bonds. The maximum absolute atomic E-state index is 6.73. The molecule has 0 saturated heterocycles. The van der Waals surface area contributed by atoms with Crippen LogP contribution >= 0.6 is 0 Å². The maximum atomic E-state index is 6.73. The number of hydrogen-bond donors (Lipinski definition) is 0. The number of anilines is 3. The molecule has 0 unspecified atom stereocenters. The van der Waals surface area contributed by atoms with Gasteiger partial charge in [0.15, 0.2) is 0 Å². The Hall–Kier alpha value is -7.10. The van der Waals surface area contributed by atoms with Crippen LogP contribution in [-0.2, 0) is 0 Å². The van der Waals surface area contributed by atoms with E-state index >= 15 is 0 Å². The molecule has 0 bridgehead atoms. The van der Waals surface area contributed by atoms with Crippen LogP contribution in [0.15, 0.2) is 186 Å². The van der Waals surface area contributed by atoms with E-state index < -0.39 is 0 Å². The van der Waals surface area contributed by atoms with Gasteiger partial charge >= 0.3 is 0 Å². The Morgan fingerprint density at radius 2 is 1.13 bits per heavy atom. The van der Waals surface area contributed by atoms with E-state index in [1.807, 2.05) is 6.07 Å². The quantitative estimate of drug-likeness (QED) is 0.178. The number of hydrogen-bond acceptors (Lipinski definition) is 2. The van der Waals surface area contributed by atoms with Gasteiger partial charge < -0.3 is 13.9 Å². The molecule has 0 N–H and O–H groups in total. The van der Waals surface area contributed by atoms with Gasteiger partial charge in [-0.15, -0.1) is 0 Å². The molecular weight excluding hydrogens is 669 g/mol. The van der Waals surface area contributed by atoms with E-state index in [0.29, 0.717) is 0 Å². The molecule has 0 aliphatic rings. The highest BCUT2D eigenvalue weighted by atomic mass is 16.3. The fourth-order valence-electron chi connectivity index (χ4n) is 8.76. The predicted molar refractivity (Wildman–Crippen MR) is 233 cm³/mol. The summed E-state index contributed by atoms with van der Waals surface area (Å²) >= 11 is 0. The number of rotatable bonds is 5. The van der Waals surface area contributed by atoms with Crippen molar-refractivity contribution >= 4 is 82.4 Å². The van der Waals surface area contributed by atoms with Crippen LogP contribution in [0.1, 0.15) is 11.1 Å². The summed E-state index contributed by atoms with van der Waals surface area (Å²) in [5.74, 6) is 0. The SMILES string of the molecule is Cc1ccc2c(c1)c1cc(C)ccc1n2-c1ccc(N(c2ccc(-c3ccccc3)c3ccccc23)c2cccc3ccc4c5ccccc5oc4c23)cc1. The third-order valence-electron chi connectivity index (χ3n) is 11.3. The van der Waals surface area contributed by atoms with Gasteiger partial charge in [0.1, 0.15) is 11.2 Å². The molecule has 0 saturated carbocycles. The van der Waals surface area contributed by atoms with Crippen molar-refractivity contribution in [3.63, 3.8) is 0 Å². The fraction of sp³-hybridized carbons (Fsp3) is 0.0385. The Morgan fingerprint density at radius 1 is 0.455 bits per heavy atom. The molecule has 0 radical (unpaired) electrons. The lowest BCUT2D eigenvalue weighted by Gasteiger charge is -2.29. The average molecular weight is 705 g/mol. The first kappa shape index (κ1) is 31.4. The lowest BCUT2D eigenvalue weighted by Crippen LogP contribution is -2.11. The topological polar surface area (TPSA) is 21.3 Å². The van der Waals surface area contributed by atoms with Gasteiger partial charge in [0, 0.05) is 43.7 Å². The van der Waals surface area contributed by atoms with E-state index in [0.717, 1.165) is 55.5 Å². The molecule has 0 spiro atoms. The van der Waals surface area contributed by atoms with E-state index in [1.54, 1.807) is 0 Å². The van der Waals surface area contributed by atoms with Crippen LogP contribution in [0.5, 0.6) is 0 Å². The maximum Gasteiger partial charge on any atom is 0.145 e. The smallest absolute Gasteiger partial charge is 0.145 e. The molecular formula is C52H36N2O. The number of aryl methyl sites for hydroxylation is 2. The Kier molecular flexibility index (Phi) is 6.99. The van der Waals surface area contributed by atoms with Crippen molar-refractivity contribution in [1.29, 1.82) is 0 Å². The van der Waals surface area contributed by atoms with E-state index in [2.05, 4.69) is 199 Å². The van der Waals surface area contributed by atoms with E-state index in [1.165, 1.54) is 54.8 Å². The lowest BCUT2D eigenvalue weighted by atomic mass is 9.96. The number of nitrogens with zero attached hydrogens (tertiary/aromatic N) is 2. The largest absolute Gasteiger partial charge is 0.455 e. The first-order chi connectivity index (χ1) is 27.1. The standard InChI is InChI=1S/C52H36N2O/c1-33-19-28-47-44(31-33)45-32-34(2)20-29-48(45)53(47)37-22-24-38(25-23-37)54(46-30-27-39(35-11-4-3-5-12-35)40-14-6-7-15-41(40)46)49-17-10-13-36-21-26-43-42-16-8-9-18-50(42)55-52(43)51(36)49/h3-32H,1-2H3. The Morgan fingerprint density at radius 3 is 1.87 bits per heavy atom. The molecule has 9 aromatic carbocycles. The van der Waals surface area contributed by atoms with Gasteiger partial charge in [-0.1, -0.05) is 120 Å². The third kappa shape index (κ3) is 4.90. The molecule has 2 aromatic heterocycles. The monoisotopic (exact) mass is 704 g/mol. The first-order valence-corrected chi connectivity index (χ1v) is 18.9. The Bertz CT molecular complexity index is 3220. The zero-order chi connectivity index (χ0) is 36.6. The molecule has 11 aromatic rings. The van der Waals surface area contributed by atoms with Crippen molar-refractivity contribution in [3.05, 3.63) is 193 Å². The second kappa shape index (κ2) is 12.2. The van der Waals surface area contributed by atoms with Gasteiger partial charge in [-0.3, -0.25) is 0 Å². The van der Waals surface area contributed by atoms with Gasteiger partial charge in [0.2, 0.25) is 0 Å². The number of para-hydroxylation sites is 1. The highest BCUT2D eigenvalue weighted by Gasteiger charge is 2.22. The highest BCUT2D eigenvalue weighted by molar-refractivity contribution is 6.20. The summed E-state index contributed by atoms with van der Waals surface area (Å²) in [4.78, 5) is 2.43. The van der Waals surface area contributed by atoms with E-state index in [9.17, 15) is 0 Å². The number of aromatic nitrogens is 1. The third-order valence-corrected chi connectivity index (χ3v) is 11.3. The van der Waals surface area contributed by atoms with E-state index in [-0.39, 0.29) is 0 Å². The van der Waals surface area contributed by atoms with Crippen LogP contribution in [0.4, 0.5) is 17.1 Å². The predicted octanol–water partition coefficient (Wildman–Crippen LogP) is 14.7. The normalized spacial score (nSPS) is 11.8. The van der Waals surface area contributed by atoms with Crippen LogP contribution in [0.25, 0.3) is 82.1 Å². The van der Waals surface area contributed by atoms with Gasteiger partial charge in [-0.2, -0.15) is 0 Å². The van der Waals surface area contributed by atoms with Crippen LogP contribution in [0.3, 0.4) is 0 Å². The van der Waals surface area contributed by atoms with Crippen molar-refractivity contribution in [1.82, 2.24) is 4.57 Å². The van der Waals surface area contributed by atoms with E-state index in [4.69, 9.17) is 4.42 Å². The molecule has 0 aliphatic heterocycles. The minimum absolute atomic E-state index is 0.893. The summed E-state index contributed by atoms with van der Waals surface area (Å²) in [5, 5.41) is 9.40. The van der Waals surface area contributed by atoms with Gasteiger partial charge in [0.25, 0.3) is 0 Å². The Balaban J connectivity index is 1.18. The molecule has 2 heterocycles. The van der Waals surface area contributed by atoms with Crippen LogP contribution in [-0.4, -0.2) is 4.57 Å². The molecule has 0 atom stereocenters. The molecule has 0 aliphatic carbocycles. The van der Waals surface area contributed by atoms with Crippen molar-refractivity contribution in [3.8, 4) is 16.8 Å². The van der Waals surface area contributed by atoms with Crippen molar-refractivity contribution in [2.24, 2.45) is 0 Å². The first-order valence-electron chi connectivity index (χ1n) is 18.9. The zero-order valence-electron chi connectivity index (χ0n) is 30.6. The number of benzene rings is 9. The average Bonchev–Trinajstić information content (AvgIpc) is 3.77. The second-order valence-electron chi connectivity index (χ2n) is 14.7. The van der Waals surface area contributed by atoms with Crippen molar-refractivity contribution in [2.75, 3.05) is 4.90 Å². The highest BCUT2D eigenvalue weighted by Crippen LogP contribution is 2.47. The molecule has 55 heavy (non-hydrogen) atoms. The minimum atomic E-state index is 0.893. The summed E-state index contributed by atoms with van der Waals surface area (Å²) < 4.78 is 9.13. The molecule has 3 heteroatoms. The lowest BCUT2D eigenvalue weighted by molar-refractivity contribution is 0.672. The Labute approximate surface area is 318 Å². The summed E-state index contributed by atoms with van der Waals surface area (Å²) in [6.07, 6.45) is 0. The van der Waals surface area contributed by atoms with Gasteiger partial charge in [-0.25, -0.2) is 0 Å². The van der Waals surface area contributed by atoms with Crippen LogP contribution in [0.2, 0.25) is 0 Å². The van der Waals surface area contributed by atoms with Crippen LogP contribution < -0.4 is 4.90 Å². The van der Waals surface area contributed by atoms with Crippen molar-refractivity contribution in [2.45, 2.75) is 13.8 Å². The van der Waals surface area contributed by atoms with Gasteiger partial charge in [-0.05, 0) is 109 Å². The summed E-state index contributed by atoms with van der Waals surface area (Å²) in [7, 11) is 0. The molecule has 3 nitrogen and oxygen atoms in total. The van der Waals surface area contributed by atoms with Gasteiger partial charge in [0.05, 0.1) is 22.4 Å². The molecule has 260 valence electrons. The van der Waals surface area contributed by atoms with Crippen LogP contribution in [0, 0.1) is 13.8 Å². The zero-order valence-corrected chi connectivity index (χ0v) is 30.6. The van der Waals surface area contributed by atoms with Crippen molar-refractivity contribution < 1.29 is 4.42 Å². The number of furan rings is 1. The molecule has 11 rings (SSSR count). The summed E-state index contributed by atoms with van der Waals surface area (Å²) in [5.41, 5.74) is 13.5. The second-order valence-corrected chi connectivity index (χ2v) is 14.7. The summed E-state index contributed by atoms with van der Waals surface area (Å²) in [6.45, 7) is 4.34. The number of fused-ring (bicyclic) bond motifs is 9. The summed E-state index contributed by atoms with van der Waals surface area (Å²) in [6, 6.07) is 66.0. The molecule has 0 fully saturated rings. The minimum Gasteiger partial charge on any atom is -0.455 e. The fourth-order valence-corrected chi connectivity index (χ4v) is 8.76.